The molecule has 0 saturated carbocycles. The Hall–Kier alpha value is -2.13. The van der Waals surface area contributed by atoms with Gasteiger partial charge in [0.2, 0.25) is 21.8 Å². The number of nitrogens with one attached hydrogen (secondary N) is 1. The topological polar surface area (TPSA) is 86.8 Å². The molecule has 7 nitrogen and oxygen atoms in total. The molecule has 0 aliphatic rings. The van der Waals surface area contributed by atoms with Crippen LogP contribution in [0.4, 0.5) is 0 Å². The zero-order valence-electron chi connectivity index (χ0n) is 18.4. The molecule has 2 amide bonds. The maximum absolute atomic E-state index is 13.3. The van der Waals surface area contributed by atoms with E-state index < -0.39 is 28.5 Å². The van der Waals surface area contributed by atoms with Crippen molar-refractivity contribution in [2.24, 2.45) is 0 Å². The van der Waals surface area contributed by atoms with E-state index in [1.807, 2.05) is 6.92 Å². The summed E-state index contributed by atoms with van der Waals surface area (Å²) in [6.45, 7) is 3.12. The molecule has 0 bridgehead atoms. The Labute approximate surface area is 199 Å². The van der Waals surface area contributed by atoms with Gasteiger partial charge in [0.25, 0.3) is 0 Å². The second-order valence-corrected chi connectivity index (χ2v) is 10.2. The van der Waals surface area contributed by atoms with Crippen LogP contribution in [0.5, 0.6) is 0 Å². The Morgan fingerprint density at radius 1 is 1.06 bits per heavy atom. The quantitative estimate of drug-likeness (QED) is 0.571. The standard InChI is InChI=1S/C22H27Cl2N3O4S/c1-5-20(22(29)25-3)27(13-17-18(23)7-6-8-19(17)24)21(28)14-26(4)32(30,31)16-11-9-15(2)10-12-16/h6-12,20H,5,13-14H2,1-4H3,(H,25,29)/t20-/m0/s1. The number of hydrogen-bond donors (Lipinski definition) is 1. The van der Waals surface area contributed by atoms with Gasteiger partial charge >= 0.3 is 0 Å². The Morgan fingerprint density at radius 3 is 2.12 bits per heavy atom. The molecule has 2 aromatic rings. The molecule has 2 rings (SSSR count). The van der Waals surface area contributed by atoms with Crippen LogP contribution in [-0.2, 0) is 26.2 Å². The maximum Gasteiger partial charge on any atom is 0.243 e. The van der Waals surface area contributed by atoms with Gasteiger partial charge in [-0.3, -0.25) is 9.59 Å². The zero-order chi connectivity index (χ0) is 24.1. The van der Waals surface area contributed by atoms with E-state index in [2.05, 4.69) is 5.32 Å². The number of carbonyl (C=O) groups excluding carboxylic acids is 2. The number of hydrogen-bond acceptors (Lipinski definition) is 4. The summed E-state index contributed by atoms with van der Waals surface area (Å²) in [5.41, 5.74) is 1.40. The van der Waals surface area contributed by atoms with Crippen LogP contribution >= 0.6 is 23.2 Å². The van der Waals surface area contributed by atoms with Crippen LogP contribution in [0.1, 0.15) is 24.5 Å². The fourth-order valence-electron chi connectivity index (χ4n) is 3.20. The summed E-state index contributed by atoms with van der Waals surface area (Å²) in [6.07, 6.45) is 0.321. The summed E-state index contributed by atoms with van der Waals surface area (Å²) in [5.74, 6) is -0.914. The van der Waals surface area contributed by atoms with Gasteiger partial charge in [-0.2, -0.15) is 4.31 Å². The highest BCUT2D eigenvalue weighted by atomic mass is 35.5. The smallest absolute Gasteiger partial charge is 0.243 e. The lowest BCUT2D eigenvalue weighted by atomic mass is 10.1. The summed E-state index contributed by atoms with van der Waals surface area (Å²) < 4.78 is 26.8. The summed E-state index contributed by atoms with van der Waals surface area (Å²) in [6, 6.07) is 10.5. The predicted octanol–water partition coefficient (Wildman–Crippen LogP) is 3.48. The molecule has 0 saturated heterocycles. The van der Waals surface area contributed by atoms with Crippen molar-refractivity contribution in [2.45, 2.75) is 37.8 Å². The fraction of sp³-hybridized carbons (Fsp3) is 0.364. The number of rotatable bonds is 9. The molecule has 174 valence electrons. The highest BCUT2D eigenvalue weighted by Gasteiger charge is 2.32. The van der Waals surface area contributed by atoms with Crippen molar-refractivity contribution >= 4 is 45.0 Å². The molecule has 0 spiro atoms. The van der Waals surface area contributed by atoms with Crippen molar-refractivity contribution in [1.29, 1.82) is 0 Å². The fourth-order valence-corrected chi connectivity index (χ4v) is 4.83. The largest absolute Gasteiger partial charge is 0.357 e. The van der Waals surface area contributed by atoms with Crippen LogP contribution in [0.2, 0.25) is 10.0 Å². The Balaban J connectivity index is 2.36. The van der Waals surface area contributed by atoms with Crippen molar-refractivity contribution in [1.82, 2.24) is 14.5 Å². The number of carbonyl (C=O) groups is 2. The molecule has 0 aliphatic carbocycles. The average Bonchev–Trinajstić information content (AvgIpc) is 2.75. The second kappa shape index (κ2) is 11.1. The summed E-state index contributed by atoms with van der Waals surface area (Å²) >= 11 is 12.6. The minimum Gasteiger partial charge on any atom is -0.357 e. The Bertz CT molecular complexity index is 1050. The van der Waals surface area contributed by atoms with Gasteiger partial charge in [0.1, 0.15) is 6.04 Å². The van der Waals surface area contributed by atoms with E-state index in [9.17, 15) is 18.0 Å². The zero-order valence-corrected chi connectivity index (χ0v) is 20.8. The number of halogens is 2. The third kappa shape index (κ3) is 6.01. The predicted molar refractivity (Wildman–Crippen MR) is 126 cm³/mol. The van der Waals surface area contributed by atoms with Gasteiger partial charge in [-0.15, -0.1) is 0 Å². The minimum absolute atomic E-state index is 0.0400. The molecule has 0 aliphatic heterocycles. The first kappa shape index (κ1) is 26.1. The Morgan fingerprint density at radius 2 is 1.62 bits per heavy atom. The van der Waals surface area contributed by atoms with Crippen molar-refractivity contribution in [2.75, 3.05) is 20.6 Å². The highest BCUT2D eigenvalue weighted by molar-refractivity contribution is 7.89. The van der Waals surface area contributed by atoms with E-state index in [0.29, 0.717) is 22.0 Å². The molecule has 0 fully saturated rings. The van der Waals surface area contributed by atoms with Crippen LogP contribution < -0.4 is 5.32 Å². The first-order valence-electron chi connectivity index (χ1n) is 9.99. The third-order valence-electron chi connectivity index (χ3n) is 5.11. The van der Waals surface area contributed by atoms with Gasteiger partial charge in [0.05, 0.1) is 11.4 Å². The molecule has 0 radical (unpaired) electrons. The van der Waals surface area contributed by atoms with Gasteiger partial charge in [-0.05, 0) is 37.6 Å². The molecular formula is C22H27Cl2N3O4S. The van der Waals surface area contributed by atoms with E-state index in [-0.39, 0.29) is 17.3 Å². The molecule has 0 heterocycles. The third-order valence-corrected chi connectivity index (χ3v) is 7.64. The van der Waals surface area contributed by atoms with Gasteiger partial charge < -0.3 is 10.2 Å². The van der Waals surface area contributed by atoms with E-state index in [1.165, 1.54) is 31.1 Å². The number of nitrogens with zero attached hydrogens (tertiary/aromatic N) is 2. The van der Waals surface area contributed by atoms with Crippen LogP contribution in [0.15, 0.2) is 47.4 Å². The molecule has 1 N–H and O–H groups in total. The van der Waals surface area contributed by atoms with Crippen molar-refractivity contribution in [3.8, 4) is 0 Å². The summed E-state index contributed by atoms with van der Waals surface area (Å²) in [4.78, 5) is 27.2. The normalized spacial score (nSPS) is 12.5. The van der Waals surface area contributed by atoms with Crippen molar-refractivity contribution in [3.63, 3.8) is 0 Å². The van der Waals surface area contributed by atoms with Crippen LogP contribution in [0, 0.1) is 6.92 Å². The highest BCUT2D eigenvalue weighted by Crippen LogP contribution is 2.27. The minimum atomic E-state index is -3.90. The lowest BCUT2D eigenvalue weighted by Gasteiger charge is -2.32. The van der Waals surface area contributed by atoms with Gasteiger partial charge in [-0.25, -0.2) is 8.42 Å². The first-order valence-corrected chi connectivity index (χ1v) is 12.2. The summed E-state index contributed by atoms with van der Waals surface area (Å²) in [5, 5.41) is 3.25. The van der Waals surface area contributed by atoms with Gasteiger partial charge in [-0.1, -0.05) is 53.9 Å². The Kier molecular flexibility index (Phi) is 9.09. The van der Waals surface area contributed by atoms with E-state index in [1.54, 1.807) is 37.3 Å². The van der Waals surface area contributed by atoms with Crippen LogP contribution in [0.3, 0.4) is 0 Å². The number of benzene rings is 2. The van der Waals surface area contributed by atoms with Crippen LogP contribution in [0.25, 0.3) is 0 Å². The number of sulfonamides is 1. The molecule has 10 heteroatoms. The van der Waals surface area contributed by atoms with Crippen LogP contribution in [-0.4, -0.2) is 56.1 Å². The molecule has 0 unspecified atom stereocenters. The lowest BCUT2D eigenvalue weighted by molar-refractivity contribution is -0.141. The number of likely N-dealkylation sites (N-methyl/N-ethyl adjacent to an activating group) is 2. The molecular weight excluding hydrogens is 473 g/mol. The maximum atomic E-state index is 13.3. The second-order valence-electron chi connectivity index (χ2n) is 7.33. The molecule has 0 aromatic heterocycles. The van der Waals surface area contributed by atoms with Gasteiger partial charge in [0, 0.05) is 36.2 Å². The molecule has 1 atom stereocenters. The molecule has 32 heavy (non-hydrogen) atoms. The van der Waals surface area contributed by atoms with Crippen molar-refractivity contribution in [3.05, 3.63) is 63.6 Å². The average molecular weight is 500 g/mol. The number of amides is 2. The lowest BCUT2D eigenvalue weighted by Crippen LogP contribution is -2.51. The monoisotopic (exact) mass is 499 g/mol. The SMILES string of the molecule is CC[C@@H](C(=O)NC)N(Cc1c(Cl)cccc1Cl)C(=O)CN(C)S(=O)(=O)c1ccc(C)cc1. The number of aryl methyl sites for hydroxylation is 1. The van der Waals surface area contributed by atoms with Gasteiger partial charge in [0.15, 0.2) is 0 Å². The van der Waals surface area contributed by atoms with E-state index in [4.69, 9.17) is 23.2 Å². The van der Waals surface area contributed by atoms with Crippen molar-refractivity contribution < 1.29 is 18.0 Å². The first-order chi connectivity index (χ1) is 15.0. The van der Waals surface area contributed by atoms with E-state index >= 15 is 0 Å². The molecule has 2 aromatic carbocycles. The van der Waals surface area contributed by atoms with E-state index in [0.717, 1.165) is 9.87 Å². The summed E-state index contributed by atoms with van der Waals surface area (Å²) in [7, 11) is -1.09.